The van der Waals surface area contributed by atoms with Crippen molar-refractivity contribution in [3.63, 3.8) is 0 Å². The van der Waals surface area contributed by atoms with Gasteiger partial charge in [0.25, 0.3) is 0 Å². The van der Waals surface area contributed by atoms with Crippen molar-refractivity contribution in [2.45, 2.75) is 50.6 Å². The topological polar surface area (TPSA) is 35.9 Å². The van der Waals surface area contributed by atoms with Crippen LogP contribution in [0.25, 0.3) is 0 Å². The maximum Gasteiger partial charge on any atom is 0.122 e. The maximum absolute atomic E-state index is 9.54. The second kappa shape index (κ2) is 7.42. The van der Waals surface area contributed by atoms with Crippen molar-refractivity contribution in [3.8, 4) is 5.75 Å². The molecule has 2 unspecified atom stereocenters. The zero-order valence-electron chi connectivity index (χ0n) is 14.6. The van der Waals surface area contributed by atoms with Crippen LogP contribution in [-0.4, -0.2) is 66.4 Å². The molecule has 132 valence electrons. The van der Waals surface area contributed by atoms with Crippen molar-refractivity contribution in [2.75, 3.05) is 39.4 Å². The van der Waals surface area contributed by atoms with Crippen molar-refractivity contribution >= 4 is 0 Å². The van der Waals surface area contributed by atoms with E-state index in [0.717, 1.165) is 38.3 Å². The number of aliphatic hydroxyl groups excluding tert-OH is 1. The van der Waals surface area contributed by atoms with E-state index < -0.39 is 0 Å². The van der Waals surface area contributed by atoms with Crippen molar-refractivity contribution in [2.24, 2.45) is 0 Å². The fourth-order valence-corrected chi connectivity index (χ4v) is 4.68. The maximum atomic E-state index is 9.54. The summed E-state index contributed by atoms with van der Waals surface area (Å²) in [6.07, 6.45) is 7.24. The number of rotatable bonds is 6. The average Bonchev–Trinajstić information content (AvgIpc) is 3.33. The van der Waals surface area contributed by atoms with Crippen molar-refractivity contribution in [3.05, 3.63) is 29.3 Å². The molecule has 0 radical (unpaired) electrons. The van der Waals surface area contributed by atoms with E-state index in [4.69, 9.17) is 4.74 Å². The van der Waals surface area contributed by atoms with Gasteiger partial charge in [0, 0.05) is 31.6 Å². The zero-order chi connectivity index (χ0) is 16.4. The Morgan fingerprint density at radius 2 is 1.92 bits per heavy atom. The molecular formula is C20H30N2O2. The molecule has 4 rings (SSSR count). The minimum Gasteiger partial charge on any atom is -0.493 e. The third-order valence-electron chi connectivity index (χ3n) is 6.10. The Morgan fingerprint density at radius 3 is 2.79 bits per heavy atom. The van der Waals surface area contributed by atoms with Crippen LogP contribution in [0.1, 0.15) is 36.8 Å². The van der Waals surface area contributed by atoms with Crippen molar-refractivity contribution < 1.29 is 9.84 Å². The van der Waals surface area contributed by atoms with Gasteiger partial charge in [0.05, 0.1) is 13.2 Å². The zero-order valence-corrected chi connectivity index (χ0v) is 14.6. The van der Waals surface area contributed by atoms with Crippen LogP contribution in [0.15, 0.2) is 18.2 Å². The predicted molar refractivity (Wildman–Crippen MR) is 95.6 cm³/mol. The first-order chi connectivity index (χ1) is 11.8. The fourth-order valence-electron chi connectivity index (χ4n) is 4.68. The van der Waals surface area contributed by atoms with Gasteiger partial charge in [-0.15, -0.1) is 0 Å². The quantitative estimate of drug-likeness (QED) is 0.866. The minimum absolute atomic E-state index is 0.323. The molecule has 3 aliphatic rings. The molecule has 1 N–H and O–H groups in total. The number of hydrogen-bond donors (Lipinski definition) is 1. The summed E-state index contributed by atoms with van der Waals surface area (Å²) in [7, 11) is 0. The van der Waals surface area contributed by atoms with Gasteiger partial charge in [-0.1, -0.05) is 12.1 Å². The molecule has 2 saturated heterocycles. The van der Waals surface area contributed by atoms with E-state index in [9.17, 15) is 5.11 Å². The lowest BCUT2D eigenvalue weighted by Gasteiger charge is -2.31. The Hall–Kier alpha value is -1.10. The highest BCUT2D eigenvalue weighted by atomic mass is 16.5. The smallest absolute Gasteiger partial charge is 0.122 e. The number of ether oxygens (including phenoxy) is 1. The fraction of sp³-hybridized carbons (Fsp3) is 0.700. The van der Waals surface area contributed by atoms with Crippen LogP contribution in [0.5, 0.6) is 5.75 Å². The molecule has 2 fully saturated rings. The molecule has 0 amide bonds. The van der Waals surface area contributed by atoms with Gasteiger partial charge in [-0.25, -0.2) is 0 Å². The Balaban J connectivity index is 1.32. The summed E-state index contributed by atoms with van der Waals surface area (Å²) in [6, 6.07) is 7.81. The first kappa shape index (κ1) is 16.4. The number of aliphatic hydroxyl groups is 1. The lowest BCUT2D eigenvalue weighted by molar-refractivity contribution is 0.123. The molecule has 0 aromatic heterocycles. The first-order valence-corrected chi connectivity index (χ1v) is 9.67. The summed E-state index contributed by atoms with van der Waals surface area (Å²) < 4.78 is 5.61. The summed E-state index contributed by atoms with van der Waals surface area (Å²) in [5.74, 6) is 1.09. The van der Waals surface area contributed by atoms with Crippen molar-refractivity contribution in [1.82, 2.24) is 9.80 Å². The Bertz CT molecular complexity index is 563. The van der Waals surface area contributed by atoms with Gasteiger partial charge in [0.2, 0.25) is 0 Å². The van der Waals surface area contributed by atoms with Gasteiger partial charge in [0.1, 0.15) is 5.75 Å². The molecule has 0 aliphatic carbocycles. The van der Waals surface area contributed by atoms with Gasteiger partial charge >= 0.3 is 0 Å². The second-order valence-corrected chi connectivity index (χ2v) is 7.60. The average molecular weight is 330 g/mol. The number of fused-ring (bicyclic) bond motifs is 1. The predicted octanol–water partition coefficient (Wildman–Crippen LogP) is 2.09. The third kappa shape index (κ3) is 3.46. The molecule has 2 atom stereocenters. The summed E-state index contributed by atoms with van der Waals surface area (Å²) in [4.78, 5) is 5.20. The van der Waals surface area contributed by atoms with Crippen LogP contribution in [0, 0.1) is 0 Å². The SMILES string of the molecule is OCC1CCCN1CC1CCCN1CCc1ccc2c(c1)CCO2. The van der Waals surface area contributed by atoms with E-state index in [0.29, 0.717) is 18.7 Å². The van der Waals surface area contributed by atoms with E-state index in [2.05, 4.69) is 28.0 Å². The first-order valence-electron chi connectivity index (χ1n) is 9.67. The van der Waals surface area contributed by atoms with Crippen LogP contribution < -0.4 is 4.74 Å². The van der Waals surface area contributed by atoms with Gasteiger partial charge in [-0.3, -0.25) is 9.80 Å². The summed E-state index contributed by atoms with van der Waals surface area (Å²) in [5.41, 5.74) is 2.83. The number of likely N-dealkylation sites (tertiary alicyclic amines) is 2. The lowest BCUT2D eigenvalue weighted by Crippen LogP contribution is -2.44. The molecule has 3 heterocycles. The van der Waals surface area contributed by atoms with E-state index in [-0.39, 0.29) is 0 Å². The van der Waals surface area contributed by atoms with Gasteiger partial charge in [0.15, 0.2) is 0 Å². The molecule has 4 nitrogen and oxygen atoms in total. The molecular weight excluding hydrogens is 300 g/mol. The number of benzene rings is 1. The number of hydrogen-bond acceptors (Lipinski definition) is 4. The molecule has 1 aromatic carbocycles. The van der Waals surface area contributed by atoms with E-state index in [1.165, 1.54) is 49.9 Å². The van der Waals surface area contributed by atoms with Crippen LogP contribution in [0.3, 0.4) is 0 Å². The Kier molecular flexibility index (Phi) is 5.06. The van der Waals surface area contributed by atoms with Crippen molar-refractivity contribution in [1.29, 1.82) is 0 Å². The third-order valence-corrected chi connectivity index (χ3v) is 6.10. The standard InChI is InChI=1S/C20H30N2O2/c23-15-19-4-2-10-22(19)14-18-3-1-9-21(18)11-7-16-5-6-20-17(13-16)8-12-24-20/h5-6,13,18-19,23H,1-4,7-12,14-15H2. The van der Waals surface area contributed by atoms with Crippen LogP contribution >= 0.6 is 0 Å². The molecule has 24 heavy (non-hydrogen) atoms. The molecule has 4 heteroatoms. The Morgan fingerprint density at radius 1 is 1.08 bits per heavy atom. The van der Waals surface area contributed by atoms with Crippen LogP contribution in [-0.2, 0) is 12.8 Å². The Labute approximate surface area is 145 Å². The molecule has 0 saturated carbocycles. The van der Waals surface area contributed by atoms with Gasteiger partial charge in [-0.05, 0) is 62.4 Å². The number of nitrogens with zero attached hydrogens (tertiary/aromatic N) is 2. The molecule has 1 aromatic rings. The lowest BCUT2D eigenvalue weighted by atomic mass is 10.1. The summed E-state index contributed by atoms with van der Waals surface area (Å²) >= 11 is 0. The van der Waals surface area contributed by atoms with Crippen LogP contribution in [0.2, 0.25) is 0 Å². The summed E-state index contributed by atoms with van der Waals surface area (Å²) in [5, 5.41) is 9.54. The van der Waals surface area contributed by atoms with Crippen LogP contribution in [0.4, 0.5) is 0 Å². The normalized spacial score (nSPS) is 27.5. The largest absolute Gasteiger partial charge is 0.493 e. The van der Waals surface area contributed by atoms with E-state index in [1.807, 2.05) is 0 Å². The summed E-state index contributed by atoms with van der Waals surface area (Å²) in [6.45, 7) is 5.86. The molecule has 0 bridgehead atoms. The van der Waals surface area contributed by atoms with E-state index in [1.54, 1.807) is 0 Å². The molecule has 0 spiro atoms. The second-order valence-electron chi connectivity index (χ2n) is 7.60. The highest BCUT2D eigenvalue weighted by molar-refractivity contribution is 5.39. The molecule has 3 aliphatic heterocycles. The monoisotopic (exact) mass is 330 g/mol. The minimum atomic E-state index is 0.323. The highest BCUT2D eigenvalue weighted by Crippen LogP contribution is 2.27. The van der Waals surface area contributed by atoms with Gasteiger partial charge < -0.3 is 9.84 Å². The van der Waals surface area contributed by atoms with Gasteiger partial charge in [-0.2, -0.15) is 0 Å². The van der Waals surface area contributed by atoms with E-state index >= 15 is 0 Å². The highest BCUT2D eigenvalue weighted by Gasteiger charge is 2.31.